The average molecular weight is 769 g/mol. The fourth-order valence-electron chi connectivity index (χ4n) is 11.4. The number of hydrogen-bond donors (Lipinski definition) is 4. The SMILES string of the molecule is CC(C)CCC[C@@H](C)[C@H]1CC[C@H]2[C@@H]3CC=C4C[C@H](CCOCCOCCOCCOCCS[C@@H]5O[C@H](CO)[C@H](O)[C@H](O)[C@H]5O)CC[C@]4(C)[C@H]3CC[C@]12C. The molecule has 9 nitrogen and oxygen atoms in total. The molecule has 4 aliphatic carbocycles. The van der Waals surface area contributed by atoms with Gasteiger partial charge in [-0.2, -0.15) is 0 Å². The minimum absolute atomic E-state index is 0.418. The highest BCUT2D eigenvalue weighted by Crippen LogP contribution is 2.67. The normalized spacial score (nSPS) is 39.0. The molecule has 308 valence electrons. The molecule has 0 aromatic heterocycles. The molecule has 0 spiro atoms. The predicted octanol–water partition coefficient (Wildman–Crippen LogP) is 6.63. The van der Waals surface area contributed by atoms with Crippen molar-refractivity contribution in [2.45, 2.75) is 142 Å². The molecule has 0 unspecified atom stereocenters. The maximum Gasteiger partial charge on any atom is 0.132 e. The van der Waals surface area contributed by atoms with Crippen LogP contribution in [0.1, 0.15) is 112 Å². The second-order valence-electron chi connectivity index (χ2n) is 18.2. The lowest BCUT2D eigenvalue weighted by Gasteiger charge is -2.58. The molecule has 1 aliphatic heterocycles. The Morgan fingerprint density at radius 1 is 0.792 bits per heavy atom. The topological polar surface area (TPSA) is 127 Å². The standard InChI is InChI=1S/C43H76O9S/c1-29(2)7-6-8-30(3)34-11-12-35-33-10-9-32-27-31(13-16-42(32,4)36(33)14-17-43(34,35)5)15-18-48-19-20-49-21-22-50-23-24-51-25-26-53-41-40(47)39(46)38(45)37(28-44)52-41/h9,29-31,33-41,44-47H,6-8,10-28H2,1-5H3/t30-,31+,33+,34-,35+,36+,37-,38+,39+,40-,41+,42+,43-/m1/s1. The minimum atomic E-state index is -1.35. The van der Waals surface area contributed by atoms with Gasteiger partial charge in [-0.15, -0.1) is 11.8 Å². The Morgan fingerprint density at radius 2 is 1.47 bits per heavy atom. The van der Waals surface area contributed by atoms with Crippen molar-refractivity contribution in [1.82, 2.24) is 0 Å². The van der Waals surface area contributed by atoms with Crippen molar-refractivity contribution in [1.29, 1.82) is 0 Å². The molecule has 0 amide bonds. The number of aliphatic hydroxyl groups excluding tert-OH is 4. The second kappa shape index (κ2) is 20.9. The first-order valence-electron chi connectivity index (χ1n) is 21.4. The summed E-state index contributed by atoms with van der Waals surface area (Å²) >= 11 is 1.28. The van der Waals surface area contributed by atoms with Crippen LogP contribution in [-0.2, 0) is 23.7 Å². The molecule has 5 aliphatic rings. The Hall–Kier alpha value is -0.270. The van der Waals surface area contributed by atoms with Crippen LogP contribution in [0.4, 0.5) is 0 Å². The van der Waals surface area contributed by atoms with Crippen LogP contribution in [0.15, 0.2) is 11.6 Å². The van der Waals surface area contributed by atoms with Crippen LogP contribution in [0, 0.1) is 52.3 Å². The van der Waals surface area contributed by atoms with Crippen molar-refractivity contribution in [3.05, 3.63) is 11.6 Å². The van der Waals surface area contributed by atoms with E-state index in [1.54, 1.807) is 5.57 Å². The lowest BCUT2D eigenvalue weighted by Crippen LogP contribution is -2.57. The fraction of sp³-hybridized carbons (Fsp3) is 0.953. The number of ether oxygens (including phenoxy) is 5. The maximum atomic E-state index is 10.1. The van der Waals surface area contributed by atoms with Gasteiger partial charge < -0.3 is 44.1 Å². The molecule has 0 aromatic rings. The van der Waals surface area contributed by atoms with E-state index in [1.807, 2.05) is 0 Å². The summed E-state index contributed by atoms with van der Waals surface area (Å²) in [6.07, 6.45) is 14.4. The summed E-state index contributed by atoms with van der Waals surface area (Å²) in [5.41, 5.74) is 2.04. The molecule has 0 bridgehead atoms. The molecule has 10 heteroatoms. The van der Waals surface area contributed by atoms with E-state index < -0.39 is 36.5 Å². The first-order valence-corrected chi connectivity index (χ1v) is 22.5. The lowest BCUT2D eigenvalue weighted by molar-refractivity contribution is -0.205. The van der Waals surface area contributed by atoms with Crippen molar-refractivity contribution in [3.63, 3.8) is 0 Å². The van der Waals surface area contributed by atoms with Gasteiger partial charge in [-0.3, -0.25) is 0 Å². The molecular formula is C43H76O9S. The smallest absolute Gasteiger partial charge is 0.132 e. The quantitative estimate of drug-likeness (QED) is 0.0704. The third-order valence-corrected chi connectivity index (χ3v) is 15.7. The molecule has 1 heterocycles. The van der Waals surface area contributed by atoms with Gasteiger partial charge in [-0.05, 0) is 110 Å². The second-order valence-corrected chi connectivity index (χ2v) is 19.4. The average Bonchev–Trinajstić information content (AvgIpc) is 3.50. The highest BCUT2D eigenvalue weighted by atomic mass is 32.2. The first-order chi connectivity index (χ1) is 25.5. The first kappa shape index (κ1) is 43.8. The van der Waals surface area contributed by atoms with E-state index in [4.69, 9.17) is 23.7 Å². The number of allylic oxidation sites excluding steroid dienone is 2. The third-order valence-electron chi connectivity index (χ3n) is 14.6. The number of thioether (sulfide) groups is 1. The van der Waals surface area contributed by atoms with E-state index in [-0.39, 0.29) is 0 Å². The minimum Gasteiger partial charge on any atom is -0.394 e. The Bertz CT molecular complexity index is 1110. The lowest BCUT2D eigenvalue weighted by atomic mass is 9.46. The predicted molar refractivity (Wildman–Crippen MR) is 211 cm³/mol. The van der Waals surface area contributed by atoms with Gasteiger partial charge >= 0.3 is 0 Å². The maximum absolute atomic E-state index is 10.1. The zero-order valence-electron chi connectivity index (χ0n) is 33.8. The van der Waals surface area contributed by atoms with Gasteiger partial charge in [0.25, 0.3) is 0 Å². The van der Waals surface area contributed by atoms with Crippen LogP contribution in [0.25, 0.3) is 0 Å². The zero-order chi connectivity index (χ0) is 38.0. The number of rotatable bonds is 22. The Morgan fingerprint density at radius 3 is 2.15 bits per heavy atom. The monoisotopic (exact) mass is 769 g/mol. The van der Waals surface area contributed by atoms with Crippen LogP contribution < -0.4 is 0 Å². The summed E-state index contributed by atoms with van der Waals surface area (Å²) in [5.74, 6) is 6.63. The Kier molecular flexibility index (Phi) is 17.3. The van der Waals surface area contributed by atoms with Gasteiger partial charge in [0.15, 0.2) is 0 Å². The van der Waals surface area contributed by atoms with Crippen LogP contribution in [-0.4, -0.2) is 115 Å². The summed E-state index contributed by atoms with van der Waals surface area (Å²) in [6, 6.07) is 0. The molecule has 0 aromatic carbocycles. The Balaban J connectivity index is 0.883. The molecule has 3 saturated carbocycles. The third kappa shape index (κ3) is 11.0. The van der Waals surface area contributed by atoms with E-state index in [1.165, 1.54) is 82.4 Å². The van der Waals surface area contributed by atoms with E-state index >= 15 is 0 Å². The van der Waals surface area contributed by atoms with Crippen LogP contribution >= 0.6 is 11.8 Å². The Labute approximate surface area is 325 Å². The summed E-state index contributed by atoms with van der Waals surface area (Å²) in [7, 11) is 0. The molecule has 13 atom stereocenters. The van der Waals surface area contributed by atoms with Crippen LogP contribution in [0.3, 0.4) is 0 Å². The van der Waals surface area contributed by atoms with Crippen molar-refractivity contribution < 1.29 is 44.1 Å². The number of hydrogen-bond acceptors (Lipinski definition) is 10. The fourth-order valence-corrected chi connectivity index (χ4v) is 12.5. The molecule has 1 saturated heterocycles. The van der Waals surface area contributed by atoms with Gasteiger partial charge in [0.1, 0.15) is 29.9 Å². The summed E-state index contributed by atoms with van der Waals surface area (Å²) in [4.78, 5) is 0. The summed E-state index contributed by atoms with van der Waals surface area (Å²) in [6.45, 7) is 16.6. The highest BCUT2D eigenvalue weighted by molar-refractivity contribution is 7.99. The molecule has 0 radical (unpaired) electrons. The van der Waals surface area contributed by atoms with E-state index in [0.29, 0.717) is 62.8 Å². The van der Waals surface area contributed by atoms with Crippen molar-refractivity contribution in [2.75, 3.05) is 65.2 Å². The van der Waals surface area contributed by atoms with Crippen molar-refractivity contribution >= 4 is 11.8 Å². The van der Waals surface area contributed by atoms with Crippen LogP contribution in [0.5, 0.6) is 0 Å². The summed E-state index contributed by atoms with van der Waals surface area (Å²) in [5, 5.41) is 39.1. The van der Waals surface area contributed by atoms with Gasteiger partial charge in [0.2, 0.25) is 0 Å². The molecule has 53 heavy (non-hydrogen) atoms. The van der Waals surface area contributed by atoms with E-state index in [0.717, 1.165) is 54.5 Å². The molecule has 5 rings (SSSR count). The largest absolute Gasteiger partial charge is 0.394 e. The van der Waals surface area contributed by atoms with Crippen LogP contribution in [0.2, 0.25) is 0 Å². The van der Waals surface area contributed by atoms with E-state index in [9.17, 15) is 20.4 Å². The van der Waals surface area contributed by atoms with Gasteiger partial charge in [-0.1, -0.05) is 65.5 Å². The molecule has 4 fully saturated rings. The zero-order valence-corrected chi connectivity index (χ0v) is 34.6. The molecule has 4 N–H and O–H groups in total. The van der Waals surface area contributed by atoms with E-state index in [2.05, 4.69) is 40.7 Å². The van der Waals surface area contributed by atoms with Gasteiger partial charge in [-0.25, -0.2) is 0 Å². The van der Waals surface area contributed by atoms with Gasteiger partial charge in [0, 0.05) is 12.4 Å². The summed E-state index contributed by atoms with van der Waals surface area (Å²) < 4.78 is 28.4. The molecular weight excluding hydrogens is 693 g/mol. The van der Waals surface area contributed by atoms with Crippen molar-refractivity contribution in [2.24, 2.45) is 52.3 Å². The highest BCUT2D eigenvalue weighted by Gasteiger charge is 2.59. The van der Waals surface area contributed by atoms with Gasteiger partial charge in [0.05, 0.1) is 52.9 Å². The number of fused-ring (bicyclic) bond motifs is 5. The number of aliphatic hydroxyl groups is 4. The van der Waals surface area contributed by atoms with Crippen molar-refractivity contribution in [3.8, 4) is 0 Å².